The van der Waals surface area contributed by atoms with Gasteiger partial charge in [0, 0.05) is 0 Å². The Balaban J connectivity index is 3.27. The van der Waals surface area contributed by atoms with Gasteiger partial charge >= 0.3 is 0 Å². The van der Waals surface area contributed by atoms with Crippen molar-refractivity contribution in [1.29, 1.82) is 0 Å². The average Bonchev–Trinajstić information content (AvgIpc) is 2.02. The number of rotatable bonds is 2. The van der Waals surface area contributed by atoms with Crippen molar-refractivity contribution >= 4 is 45.6 Å². The molecule has 0 aromatic heterocycles. The Bertz CT molecular complexity index is 392. The minimum Gasteiger partial charge on any atom is -0.275 e. The van der Waals surface area contributed by atoms with Gasteiger partial charge in [0.15, 0.2) is 0 Å². The van der Waals surface area contributed by atoms with Crippen LogP contribution in [0.15, 0.2) is 28.8 Å². The molecule has 0 radical (unpaired) electrons. The molecular weight excluding hydrogens is 242 g/mol. The van der Waals surface area contributed by atoms with Crippen LogP contribution < -0.4 is 0 Å². The second-order valence-electron chi connectivity index (χ2n) is 2.78. The third kappa shape index (κ3) is 2.74. The molecule has 14 heavy (non-hydrogen) atoms. The average molecular weight is 250 g/mol. The maximum Gasteiger partial charge on any atom is 0.255 e. The first-order valence-corrected chi connectivity index (χ1v) is 4.98. The van der Waals surface area contributed by atoms with Crippen LogP contribution in [0.2, 0.25) is 0 Å². The molecule has 1 aromatic carbocycles. The molecule has 0 spiro atoms. The zero-order valence-electron chi connectivity index (χ0n) is 7.35. The van der Waals surface area contributed by atoms with Gasteiger partial charge in [0.1, 0.15) is 4.49 Å². The lowest BCUT2D eigenvalue weighted by molar-refractivity contribution is -0.106. The highest BCUT2D eigenvalue weighted by Gasteiger charge is 2.13. The third-order valence-corrected chi connectivity index (χ3v) is 2.26. The summed E-state index contributed by atoms with van der Waals surface area (Å²) in [5, 5.41) is -0.657. The van der Waals surface area contributed by atoms with E-state index in [0.29, 0.717) is 5.56 Å². The van der Waals surface area contributed by atoms with Crippen molar-refractivity contribution in [3.05, 3.63) is 39.9 Å². The van der Waals surface area contributed by atoms with Gasteiger partial charge in [-0.2, -0.15) is 0 Å². The van der Waals surface area contributed by atoms with Crippen LogP contribution in [0.25, 0.3) is 5.57 Å². The highest BCUT2D eigenvalue weighted by Crippen LogP contribution is 2.26. The van der Waals surface area contributed by atoms with Gasteiger partial charge in [0.05, 0.1) is 5.57 Å². The molecule has 0 amide bonds. The van der Waals surface area contributed by atoms with Gasteiger partial charge in [0.25, 0.3) is 5.24 Å². The van der Waals surface area contributed by atoms with E-state index in [4.69, 9.17) is 34.8 Å². The van der Waals surface area contributed by atoms with Crippen molar-refractivity contribution in [2.24, 2.45) is 0 Å². The van der Waals surface area contributed by atoms with E-state index in [1.807, 2.05) is 13.0 Å². The first-order chi connectivity index (χ1) is 6.52. The number of hydrogen-bond donors (Lipinski definition) is 0. The predicted octanol–water partition coefficient (Wildman–Crippen LogP) is 3.91. The molecule has 0 unspecified atom stereocenters. The summed E-state index contributed by atoms with van der Waals surface area (Å²) in [7, 11) is 0. The molecule has 0 fully saturated rings. The number of benzene rings is 1. The summed E-state index contributed by atoms with van der Waals surface area (Å²) in [6.45, 7) is 1.90. The van der Waals surface area contributed by atoms with Crippen molar-refractivity contribution in [1.82, 2.24) is 0 Å². The zero-order valence-corrected chi connectivity index (χ0v) is 9.62. The fourth-order valence-corrected chi connectivity index (χ4v) is 1.79. The summed E-state index contributed by atoms with van der Waals surface area (Å²) in [4.78, 5) is 11.0. The first kappa shape index (κ1) is 11.6. The summed E-state index contributed by atoms with van der Waals surface area (Å²) >= 11 is 16.5. The van der Waals surface area contributed by atoms with Crippen molar-refractivity contribution in [3.8, 4) is 0 Å². The van der Waals surface area contributed by atoms with E-state index in [2.05, 4.69) is 0 Å². The van der Waals surface area contributed by atoms with E-state index >= 15 is 0 Å². The molecule has 0 atom stereocenters. The highest BCUT2D eigenvalue weighted by atomic mass is 35.5. The SMILES string of the molecule is Cc1cccc(C(C(=O)Cl)=C(Cl)Cl)c1. The Hall–Kier alpha value is -0.500. The van der Waals surface area contributed by atoms with Crippen molar-refractivity contribution in [3.63, 3.8) is 0 Å². The molecule has 4 heteroatoms. The monoisotopic (exact) mass is 248 g/mol. The fourth-order valence-electron chi connectivity index (χ4n) is 1.10. The quantitative estimate of drug-likeness (QED) is 0.574. The van der Waals surface area contributed by atoms with Gasteiger partial charge in [-0.25, -0.2) is 0 Å². The van der Waals surface area contributed by atoms with Gasteiger partial charge in [-0.3, -0.25) is 4.79 Å². The van der Waals surface area contributed by atoms with Gasteiger partial charge in [0.2, 0.25) is 0 Å². The molecule has 0 aliphatic rings. The summed E-state index contributed by atoms with van der Waals surface area (Å²) < 4.78 is -0.115. The van der Waals surface area contributed by atoms with Crippen LogP contribution in [0.5, 0.6) is 0 Å². The molecule has 0 heterocycles. The van der Waals surface area contributed by atoms with Gasteiger partial charge < -0.3 is 0 Å². The first-order valence-electron chi connectivity index (χ1n) is 3.84. The van der Waals surface area contributed by atoms with Gasteiger partial charge in [-0.1, -0.05) is 53.0 Å². The van der Waals surface area contributed by atoms with Crippen LogP contribution in [0, 0.1) is 6.92 Å². The van der Waals surface area contributed by atoms with E-state index in [0.717, 1.165) is 5.56 Å². The number of hydrogen-bond acceptors (Lipinski definition) is 1. The normalized spacial score (nSPS) is 9.71. The molecule has 0 aliphatic heterocycles. The molecule has 0 saturated carbocycles. The topological polar surface area (TPSA) is 17.1 Å². The standard InChI is InChI=1S/C10H7Cl3O/c1-6-3-2-4-7(5-6)8(9(11)12)10(13)14/h2-5H,1H3. The highest BCUT2D eigenvalue weighted by molar-refractivity contribution is 6.78. The van der Waals surface area contributed by atoms with E-state index in [-0.39, 0.29) is 10.1 Å². The molecule has 0 aliphatic carbocycles. The number of allylic oxidation sites excluding steroid dienone is 1. The van der Waals surface area contributed by atoms with Gasteiger partial charge in [-0.15, -0.1) is 0 Å². The lowest BCUT2D eigenvalue weighted by atomic mass is 10.1. The van der Waals surface area contributed by atoms with E-state index in [1.165, 1.54) is 0 Å². The maximum atomic E-state index is 11.0. The van der Waals surface area contributed by atoms with Crippen LogP contribution in [0.1, 0.15) is 11.1 Å². The largest absolute Gasteiger partial charge is 0.275 e. The zero-order chi connectivity index (χ0) is 10.7. The fraction of sp³-hybridized carbons (Fsp3) is 0.100. The molecule has 1 rings (SSSR count). The second kappa shape index (κ2) is 4.83. The summed E-state index contributed by atoms with van der Waals surface area (Å²) in [6, 6.07) is 7.23. The Morgan fingerprint density at radius 2 is 1.86 bits per heavy atom. The summed E-state index contributed by atoms with van der Waals surface area (Å²) in [5.74, 6) is 0. The minimum absolute atomic E-state index is 0.115. The second-order valence-corrected chi connectivity index (χ2v) is 4.07. The minimum atomic E-state index is -0.657. The lowest BCUT2D eigenvalue weighted by Gasteiger charge is -2.03. The third-order valence-electron chi connectivity index (χ3n) is 1.69. The number of carbonyl (C=O) groups excluding carboxylic acids is 1. The van der Waals surface area contributed by atoms with Crippen molar-refractivity contribution in [2.75, 3.05) is 0 Å². The Morgan fingerprint density at radius 1 is 1.21 bits per heavy atom. The maximum absolute atomic E-state index is 11.0. The Labute approximate surface area is 97.3 Å². The molecule has 1 nitrogen and oxygen atoms in total. The number of carbonyl (C=O) groups is 1. The Morgan fingerprint density at radius 3 is 2.29 bits per heavy atom. The molecular formula is C10H7Cl3O. The van der Waals surface area contributed by atoms with E-state index in [1.54, 1.807) is 18.2 Å². The van der Waals surface area contributed by atoms with Crippen molar-refractivity contribution in [2.45, 2.75) is 6.92 Å². The van der Waals surface area contributed by atoms with E-state index in [9.17, 15) is 4.79 Å². The summed E-state index contributed by atoms with van der Waals surface area (Å²) in [5.41, 5.74) is 1.77. The van der Waals surface area contributed by atoms with E-state index < -0.39 is 5.24 Å². The lowest BCUT2D eigenvalue weighted by Crippen LogP contribution is -1.94. The predicted molar refractivity (Wildman–Crippen MR) is 60.7 cm³/mol. The number of aryl methyl sites for hydroxylation is 1. The summed E-state index contributed by atoms with van der Waals surface area (Å²) in [6.07, 6.45) is 0. The van der Waals surface area contributed by atoms with Crippen LogP contribution in [-0.2, 0) is 4.79 Å². The molecule has 0 bridgehead atoms. The molecule has 1 aromatic rings. The Kier molecular flexibility index (Phi) is 3.99. The smallest absolute Gasteiger partial charge is 0.255 e. The van der Waals surface area contributed by atoms with Gasteiger partial charge in [-0.05, 0) is 24.1 Å². The van der Waals surface area contributed by atoms with Crippen LogP contribution in [0.4, 0.5) is 0 Å². The van der Waals surface area contributed by atoms with Crippen molar-refractivity contribution < 1.29 is 4.79 Å². The van der Waals surface area contributed by atoms with Crippen LogP contribution >= 0.6 is 34.8 Å². The van der Waals surface area contributed by atoms with Crippen LogP contribution in [-0.4, -0.2) is 5.24 Å². The molecule has 0 saturated heterocycles. The van der Waals surface area contributed by atoms with Crippen LogP contribution in [0.3, 0.4) is 0 Å². The number of halogens is 3. The molecule has 74 valence electrons. The molecule has 0 N–H and O–H groups in total.